The Morgan fingerprint density at radius 1 is 0.969 bits per heavy atom. The summed E-state index contributed by atoms with van der Waals surface area (Å²) in [6.07, 6.45) is 18.3. The van der Waals surface area contributed by atoms with Crippen molar-refractivity contribution < 1.29 is 14.9 Å². The zero-order valence-corrected chi connectivity index (χ0v) is 21.3. The molecule has 3 nitrogen and oxygen atoms in total. The fraction of sp³-hybridized carbons (Fsp3) is 0.862. The zero-order valence-electron chi connectivity index (χ0n) is 21.3. The average Bonchev–Trinajstić information content (AvgIpc) is 3.12. The number of aliphatic hydroxyl groups is 1. The van der Waals surface area contributed by atoms with E-state index in [0.717, 1.165) is 12.8 Å². The lowest BCUT2D eigenvalue weighted by Crippen LogP contribution is -2.73. The van der Waals surface area contributed by atoms with E-state index in [4.69, 9.17) is 9.78 Å². The highest BCUT2D eigenvalue weighted by Crippen LogP contribution is 2.72. The topological polar surface area (TPSA) is 38.7 Å². The van der Waals surface area contributed by atoms with Crippen LogP contribution in [0.5, 0.6) is 0 Å². The second-order valence-electron chi connectivity index (χ2n) is 13.0. The van der Waals surface area contributed by atoms with Gasteiger partial charge in [-0.25, -0.2) is 9.78 Å². The number of allylic oxidation sites excluding steroid dienone is 2. The quantitative estimate of drug-likeness (QED) is 0.373. The van der Waals surface area contributed by atoms with Gasteiger partial charge in [0, 0.05) is 23.7 Å². The molecule has 0 radical (unpaired) electrons. The van der Waals surface area contributed by atoms with Crippen LogP contribution in [0.2, 0.25) is 0 Å². The molecule has 10 unspecified atom stereocenters. The molecule has 1 saturated heterocycles. The molecule has 0 amide bonds. The van der Waals surface area contributed by atoms with Crippen LogP contribution in [0.15, 0.2) is 24.3 Å². The van der Waals surface area contributed by atoms with E-state index in [-0.39, 0.29) is 22.5 Å². The Labute approximate surface area is 195 Å². The van der Waals surface area contributed by atoms with E-state index in [2.05, 4.69) is 65.8 Å². The highest BCUT2D eigenvalue weighted by atomic mass is 17.2. The lowest BCUT2D eigenvalue weighted by Gasteiger charge is -2.69. The van der Waals surface area contributed by atoms with Crippen molar-refractivity contribution in [3.05, 3.63) is 24.3 Å². The standard InChI is InChI=1S/C29H46O3/c1-7-21(19(2)3)9-8-20(4)23-10-11-24-26(23,5)14-13-25-27(6)15-12-22(30)18-28(27)16-17-29(24,25)32-31-28/h8-9,16-17,19-25,30H,7,10-15,18H2,1-6H3. The minimum Gasteiger partial charge on any atom is -0.393 e. The summed E-state index contributed by atoms with van der Waals surface area (Å²) in [5, 5.41) is 10.4. The molecule has 2 heterocycles. The third kappa shape index (κ3) is 2.96. The van der Waals surface area contributed by atoms with Gasteiger partial charge in [0.25, 0.3) is 0 Å². The first kappa shape index (κ1) is 23.1. The van der Waals surface area contributed by atoms with Crippen LogP contribution in [0.25, 0.3) is 0 Å². The third-order valence-corrected chi connectivity index (χ3v) is 11.3. The van der Waals surface area contributed by atoms with E-state index in [1.165, 1.54) is 32.1 Å². The van der Waals surface area contributed by atoms with E-state index in [9.17, 15) is 5.11 Å². The van der Waals surface area contributed by atoms with Gasteiger partial charge >= 0.3 is 0 Å². The minimum absolute atomic E-state index is 0.0653. The predicted octanol–water partition coefficient (Wildman–Crippen LogP) is 6.86. The summed E-state index contributed by atoms with van der Waals surface area (Å²) in [7, 11) is 0. The molecule has 1 N–H and O–H groups in total. The molecule has 6 aliphatic rings. The summed E-state index contributed by atoms with van der Waals surface area (Å²) in [6, 6.07) is 0. The van der Waals surface area contributed by atoms with Crippen molar-refractivity contribution in [3.63, 3.8) is 0 Å². The maximum Gasteiger partial charge on any atom is 0.130 e. The second kappa shape index (κ2) is 7.68. The third-order valence-electron chi connectivity index (χ3n) is 11.3. The van der Waals surface area contributed by atoms with E-state index >= 15 is 0 Å². The van der Waals surface area contributed by atoms with Crippen LogP contribution in [-0.2, 0) is 9.78 Å². The molecule has 0 aromatic rings. The second-order valence-corrected chi connectivity index (χ2v) is 13.0. The molecule has 0 aromatic carbocycles. The van der Waals surface area contributed by atoms with Crippen LogP contribution in [0.3, 0.4) is 0 Å². The molecule has 2 spiro atoms. The number of hydrogen-bond donors (Lipinski definition) is 1. The Bertz CT molecular complexity index is 787. The minimum atomic E-state index is -0.440. The molecule has 4 fully saturated rings. The summed E-state index contributed by atoms with van der Waals surface area (Å²) in [4.78, 5) is 12.8. The number of hydrogen-bond acceptors (Lipinski definition) is 3. The van der Waals surface area contributed by atoms with Crippen molar-refractivity contribution in [2.75, 3.05) is 0 Å². The van der Waals surface area contributed by atoms with Crippen LogP contribution in [0, 0.1) is 46.3 Å². The molecule has 4 aliphatic carbocycles. The lowest BCUT2D eigenvalue weighted by atomic mass is 9.43. The van der Waals surface area contributed by atoms with Gasteiger partial charge in [-0.2, -0.15) is 0 Å². The van der Waals surface area contributed by atoms with Crippen LogP contribution in [0.1, 0.15) is 92.9 Å². The van der Waals surface area contributed by atoms with E-state index < -0.39 is 5.60 Å². The Morgan fingerprint density at radius 2 is 1.75 bits per heavy atom. The highest BCUT2D eigenvalue weighted by molar-refractivity contribution is 5.33. The van der Waals surface area contributed by atoms with Gasteiger partial charge in [-0.1, -0.05) is 59.8 Å². The molecule has 2 aliphatic heterocycles. The van der Waals surface area contributed by atoms with Crippen LogP contribution < -0.4 is 0 Å². The fourth-order valence-corrected chi connectivity index (χ4v) is 9.29. The van der Waals surface area contributed by atoms with Gasteiger partial charge in [0.1, 0.15) is 11.2 Å². The van der Waals surface area contributed by atoms with Gasteiger partial charge < -0.3 is 5.11 Å². The molecule has 32 heavy (non-hydrogen) atoms. The van der Waals surface area contributed by atoms with E-state index in [0.29, 0.717) is 41.9 Å². The smallest absolute Gasteiger partial charge is 0.130 e. The monoisotopic (exact) mass is 442 g/mol. The Balaban J connectivity index is 1.44. The first-order valence-electron chi connectivity index (χ1n) is 13.6. The van der Waals surface area contributed by atoms with Crippen molar-refractivity contribution in [1.29, 1.82) is 0 Å². The zero-order chi connectivity index (χ0) is 22.9. The van der Waals surface area contributed by atoms with Crippen molar-refractivity contribution in [2.45, 2.75) is 110 Å². The first-order valence-corrected chi connectivity index (χ1v) is 13.6. The fourth-order valence-electron chi connectivity index (χ4n) is 9.29. The lowest BCUT2D eigenvalue weighted by molar-refractivity contribution is -0.497. The molecule has 2 bridgehead atoms. The normalized spacial score (nSPS) is 51.5. The maximum absolute atomic E-state index is 10.4. The SMILES string of the molecule is CCC(C=CC(C)C1CCC2C1(C)CCC1C23C=CC2(CC(O)CCC12C)OO3)C(C)C. The number of fused-ring (bicyclic) bond motifs is 2. The van der Waals surface area contributed by atoms with E-state index in [1.54, 1.807) is 0 Å². The number of aliphatic hydroxyl groups excluding tert-OH is 1. The van der Waals surface area contributed by atoms with E-state index in [1.807, 2.05) is 0 Å². The molecule has 3 heteroatoms. The summed E-state index contributed by atoms with van der Waals surface area (Å²) >= 11 is 0. The Kier molecular flexibility index (Phi) is 5.55. The molecule has 180 valence electrons. The summed E-state index contributed by atoms with van der Waals surface area (Å²) in [5.74, 6) is 3.70. The first-order chi connectivity index (χ1) is 15.1. The molecule has 10 atom stereocenters. The van der Waals surface area contributed by atoms with Crippen molar-refractivity contribution >= 4 is 0 Å². The molecule has 6 rings (SSSR count). The van der Waals surface area contributed by atoms with Crippen LogP contribution in [0.4, 0.5) is 0 Å². The van der Waals surface area contributed by atoms with Gasteiger partial charge in [-0.3, -0.25) is 0 Å². The van der Waals surface area contributed by atoms with Crippen LogP contribution in [-0.4, -0.2) is 22.4 Å². The highest BCUT2D eigenvalue weighted by Gasteiger charge is 2.74. The van der Waals surface area contributed by atoms with Gasteiger partial charge in [0.15, 0.2) is 0 Å². The summed E-state index contributed by atoms with van der Waals surface area (Å²) < 4.78 is 0. The Hall–Kier alpha value is -0.640. The maximum atomic E-state index is 10.4. The van der Waals surface area contributed by atoms with Crippen molar-refractivity contribution in [2.24, 2.45) is 46.3 Å². The van der Waals surface area contributed by atoms with Gasteiger partial charge in [-0.15, -0.1) is 0 Å². The molecular weight excluding hydrogens is 396 g/mol. The van der Waals surface area contributed by atoms with Gasteiger partial charge in [0.05, 0.1) is 6.10 Å². The van der Waals surface area contributed by atoms with Gasteiger partial charge in [-0.05, 0) is 80.1 Å². The Morgan fingerprint density at radius 3 is 2.41 bits per heavy atom. The average molecular weight is 443 g/mol. The van der Waals surface area contributed by atoms with Crippen molar-refractivity contribution in [1.82, 2.24) is 0 Å². The largest absolute Gasteiger partial charge is 0.393 e. The van der Waals surface area contributed by atoms with Gasteiger partial charge in [0.2, 0.25) is 0 Å². The number of rotatable bonds is 5. The van der Waals surface area contributed by atoms with Crippen molar-refractivity contribution in [3.8, 4) is 0 Å². The molecule has 0 aromatic heterocycles. The molecular formula is C29H46O3. The molecule has 3 saturated carbocycles. The summed E-state index contributed by atoms with van der Waals surface area (Å²) in [6.45, 7) is 14.4. The summed E-state index contributed by atoms with van der Waals surface area (Å²) in [5.41, 5.74) is -0.371. The van der Waals surface area contributed by atoms with Crippen LogP contribution >= 0.6 is 0 Å². The predicted molar refractivity (Wildman–Crippen MR) is 129 cm³/mol.